The number of hydrogen-bond donors (Lipinski definition) is 1. The summed E-state index contributed by atoms with van der Waals surface area (Å²) in [5, 5.41) is 8.47. The Morgan fingerprint density at radius 1 is 1.19 bits per heavy atom. The molecule has 116 valence electrons. The van der Waals surface area contributed by atoms with E-state index in [0.29, 0.717) is 5.41 Å². The van der Waals surface area contributed by atoms with Crippen molar-refractivity contribution in [2.24, 2.45) is 23.2 Å². The molecule has 1 N–H and O–H groups in total. The number of nitrogens with one attached hydrogen (secondary N) is 1. The Kier molecular flexibility index (Phi) is 3.87. The SMILES string of the molecule is CCNC(CCc1ccsc1)C12CC3CC(CC(C3)C1)C2. The highest BCUT2D eigenvalue weighted by Gasteiger charge is 2.53. The molecule has 1 aromatic heterocycles. The van der Waals surface area contributed by atoms with Crippen LogP contribution in [0.15, 0.2) is 16.8 Å². The zero-order chi connectivity index (χ0) is 14.3. The van der Waals surface area contributed by atoms with Crippen molar-refractivity contribution >= 4 is 11.3 Å². The first-order valence-corrected chi connectivity index (χ1v) is 9.96. The van der Waals surface area contributed by atoms with Crippen LogP contribution in [-0.4, -0.2) is 12.6 Å². The molecule has 4 fully saturated rings. The lowest BCUT2D eigenvalue weighted by Crippen LogP contribution is -2.56. The van der Waals surface area contributed by atoms with Gasteiger partial charge >= 0.3 is 0 Å². The van der Waals surface area contributed by atoms with E-state index in [4.69, 9.17) is 0 Å². The van der Waals surface area contributed by atoms with Crippen molar-refractivity contribution in [2.45, 2.75) is 64.3 Å². The molecule has 0 amide bonds. The molecule has 5 rings (SSSR count). The molecule has 0 aliphatic heterocycles. The number of hydrogen-bond acceptors (Lipinski definition) is 2. The van der Waals surface area contributed by atoms with Gasteiger partial charge in [0.05, 0.1) is 0 Å². The van der Waals surface area contributed by atoms with E-state index in [1.165, 1.54) is 32.1 Å². The van der Waals surface area contributed by atoms with Crippen LogP contribution in [0.3, 0.4) is 0 Å². The number of rotatable bonds is 6. The molecule has 1 atom stereocenters. The molecule has 4 saturated carbocycles. The average Bonchev–Trinajstić information content (AvgIpc) is 2.95. The van der Waals surface area contributed by atoms with Crippen LogP contribution in [0.5, 0.6) is 0 Å². The first kappa shape index (κ1) is 14.3. The van der Waals surface area contributed by atoms with E-state index in [9.17, 15) is 0 Å². The number of aryl methyl sites for hydroxylation is 1. The molecule has 2 heteroatoms. The minimum atomic E-state index is 0.654. The second kappa shape index (κ2) is 5.70. The lowest BCUT2D eigenvalue weighted by Gasteiger charge is -2.59. The summed E-state index contributed by atoms with van der Waals surface area (Å²) in [4.78, 5) is 0. The van der Waals surface area contributed by atoms with Gasteiger partial charge in [0.2, 0.25) is 0 Å². The number of thiophene rings is 1. The van der Waals surface area contributed by atoms with Gasteiger partial charge in [-0.05, 0) is 103 Å². The first-order chi connectivity index (χ1) is 10.3. The third kappa shape index (κ3) is 2.70. The van der Waals surface area contributed by atoms with Crippen molar-refractivity contribution < 1.29 is 0 Å². The molecule has 0 spiro atoms. The zero-order valence-electron chi connectivity index (χ0n) is 13.3. The Balaban J connectivity index is 1.50. The molecule has 4 aliphatic carbocycles. The smallest absolute Gasteiger partial charge is 0.0127 e. The van der Waals surface area contributed by atoms with E-state index >= 15 is 0 Å². The Bertz CT molecular complexity index is 429. The zero-order valence-corrected chi connectivity index (χ0v) is 14.1. The average molecular weight is 304 g/mol. The summed E-state index contributed by atoms with van der Waals surface area (Å²) in [5.74, 6) is 3.20. The lowest BCUT2D eigenvalue weighted by atomic mass is 9.47. The summed E-state index contributed by atoms with van der Waals surface area (Å²) in [5.41, 5.74) is 2.20. The maximum Gasteiger partial charge on any atom is 0.0127 e. The van der Waals surface area contributed by atoms with Crippen LogP contribution in [-0.2, 0) is 6.42 Å². The van der Waals surface area contributed by atoms with E-state index in [0.717, 1.165) is 30.3 Å². The van der Waals surface area contributed by atoms with Gasteiger partial charge in [-0.3, -0.25) is 0 Å². The first-order valence-electron chi connectivity index (χ1n) is 9.02. The minimum absolute atomic E-state index is 0.654. The van der Waals surface area contributed by atoms with Crippen molar-refractivity contribution in [1.82, 2.24) is 5.32 Å². The normalized spacial score (nSPS) is 38.8. The van der Waals surface area contributed by atoms with E-state index in [2.05, 4.69) is 29.1 Å². The van der Waals surface area contributed by atoms with Crippen LogP contribution in [0.25, 0.3) is 0 Å². The fraction of sp³-hybridized carbons (Fsp3) is 0.789. The molecule has 1 unspecified atom stereocenters. The van der Waals surface area contributed by atoms with Crippen LogP contribution in [0.4, 0.5) is 0 Å². The van der Waals surface area contributed by atoms with Crippen molar-refractivity contribution in [2.75, 3.05) is 6.54 Å². The standard InChI is InChI=1S/C19H29NS/c1-2-20-18(4-3-14-5-6-21-13-14)19-10-15-7-16(11-19)9-17(8-15)12-19/h5-6,13,15-18,20H,2-4,7-12H2,1H3. The molecular formula is C19H29NS. The minimum Gasteiger partial charge on any atom is -0.314 e. The highest BCUT2D eigenvalue weighted by molar-refractivity contribution is 7.07. The summed E-state index contributed by atoms with van der Waals surface area (Å²) >= 11 is 1.84. The van der Waals surface area contributed by atoms with E-state index < -0.39 is 0 Å². The molecule has 0 radical (unpaired) electrons. The quantitative estimate of drug-likeness (QED) is 0.790. The molecule has 4 bridgehead atoms. The highest BCUT2D eigenvalue weighted by atomic mass is 32.1. The molecule has 21 heavy (non-hydrogen) atoms. The van der Waals surface area contributed by atoms with E-state index in [1.807, 2.05) is 11.3 Å². The Labute approximate surface area is 133 Å². The van der Waals surface area contributed by atoms with Crippen LogP contribution >= 0.6 is 11.3 Å². The van der Waals surface area contributed by atoms with Gasteiger partial charge in [0.15, 0.2) is 0 Å². The molecular weight excluding hydrogens is 274 g/mol. The fourth-order valence-electron chi connectivity index (χ4n) is 6.22. The third-order valence-corrected chi connectivity index (χ3v) is 7.31. The molecule has 0 aromatic carbocycles. The predicted molar refractivity (Wildman–Crippen MR) is 90.7 cm³/mol. The predicted octanol–water partition coefficient (Wildman–Crippen LogP) is 4.88. The third-order valence-electron chi connectivity index (χ3n) is 6.58. The van der Waals surface area contributed by atoms with Gasteiger partial charge in [-0.1, -0.05) is 6.92 Å². The molecule has 4 aliphatic rings. The van der Waals surface area contributed by atoms with Crippen LogP contribution in [0.1, 0.15) is 57.4 Å². The monoisotopic (exact) mass is 303 g/mol. The Morgan fingerprint density at radius 2 is 1.86 bits per heavy atom. The van der Waals surface area contributed by atoms with Crippen molar-refractivity contribution in [3.05, 3.63) is 22.4 Å². The summed E-state index contributed by atoms with van der Waals surface area (Å²) in [7, 11) is 0. The van der Waals surface area contributed by atoms with Crippen molar-refractivity contribution in [3.63, 3.8) is 0 Å². The summed E-state index contributed by atoms with van der Waals surface area (Å²) in [6.07, 6.45) is 11.9. The van der Waals surface area contributed by atoms with Crippen LogP contribution in [0, 0.1) is 23.2 Å². The molecule has 1 nitrogen and oxygen atoms in total. The fourth-order valence-corrected chi connectivity index (χ4v) is 6.92. The van der Waals surface area contributed by atoms with Gasteiger partial charge in [0.25, 0.3) is 0 Å². The van der Waals surface area contributed by atoms with Gasteiger partial charge < -0.3 is 5.32 Å². The second-order valence-electron chi connectivity index (χ2n) is 8.06. The van der Waals surface area contributed by atoms with Crippen molar-refractivity contribution in [1.29, 1.82) is 0 Å². The maximum atomic E-state index is 3.91. The second-order valence-corrected chi connectivity index (χ2v) is 8.84. The summed E-state index contributed by atoms with van der Waals surface area (Å²) in [6.45, 7) is 3.42. The Hall–Kier alpha value is -0.340. The largest absolute Gasteiger partial charge is 0.314 e. The molecule has 0 saturated heterocycles. The molecule has 1 heterocycles. The van der Waals surface area contributed by atoms with Gasteiger partial charge in [-0.25, -0.2) is 0 Å². The van der Waals surface area contributed by atoms with E-state index in [-0.39, 0.29) is 0 Å². The maximum absolute atomic E-state index is 3.91. The van der Waals surface area contributed by atoms with E-state index in [1.54, 1.807) is 24.8 Å². The van der Waals surface area contributed by atoms with Crippen molar-refractivity contribution in [3.8, 4) is 0 Å². The molecule has 1 aromatic rings. The van der Waals surface area contributed by atoms with Gasteiger partial charge in [0.1, 0.15) is 0 Å². The highest BCUT2D eigenvalue weighted by Crippen LogP contribution is 2.61. The van der Waals surface area contributed by atoms with Gasteiger partial charge in [-0.2, -0.15) is 11.3 Å². The van der Waals surface area contributed by atoms with Gasteiger partial charge in [0, 0.05) is 6.04 Å². The Morgan fingerprint density at radius 3 is 2.38 bits per heavy atom. The lowest BCUT2D eigenvalue weighted by molar-refractivity contribution is -0.0748. The van der Waals surface area contributed by atoms with Crippen LogP contribution < -0.4 is 5.32 Å². The topological polar surface area (TPSA) is 12.0 Å². The van der Waals surface area contributed by atoms with Gasteiger partial charge in [-0.15, -0.1) is 0 Å². The summed E-state index contributed by atoms with van der Waals surface area (Å²) < 4.78 is 0. The summed E-state index contributed by atoms with van der Waals surface area (Å²) in [6, 6.07) is 3.07. The van der Waals surface area contributed by atoms with Crippen LogP contribution in [0.2, 0.25) is 0 Å².